The van der Waals surface area contributed by atoms with E-state index in [0.717, 1.165) is 35.0 Å². The first-order valence-electron chi connectivity index (χ1n) is 14.0. The maximum Gasteiger partial charge on any atom is 0.416 e. The number of halogens is 3. The second-order valence-electron chi connectivity index (χ2n) is 14.7. The number of nitrogens with zero attached hydrogens (tertiary/aromatic N) is 1. The van der Waals surface area contributed by atoms with Gasteiger partial charge in [-0.25, -0.2) is 4.79 Å². The molecule has 1 fully saturated rings. The van der Waals surface area contributed by atoms with Gasteiger partial charge >= 0.3 is 11.9 Å². The van der Waals surface area contributed by atoms with Crippen LogP contribution < -0.4 is 11.2 Å². The Bertz CT molecular complexity index is 1510. The number of Topliss-reactive ketones (excluding diaryl/α,β-unsaturated/α-hetero) is 1. The number of aliphatic hydroxyl groups is 3. The van der Waals surface area contributed by atoms with Crippen molar-refractivity contribution in [3.8, 4) is 0 Å². The van der Waals surface area contributed by atoms with Gasteiger partial charge in [0.15, 0.2) is 17.6 Å². The van der Waals surface area contributed by atoms with Crippen molar-refractivity contribution in [2.24, 2.45) is 0 Å². The molecule has 1 aromatic heterocycles. The normalized spacial score (nSPS) is 26.4. The van der Waals surface area contributed by atoms with Crippen molar-refractivity contribution < 1.29 is 38.0 Å². The molecule has 43 heavy (non-hydrogen) atoms. The Hall–Kier alpha value is -2.37. The van der Waals surface area contributed by atoms with E-state index in [1.807, 2.05) is 20.8 Å². The van der Waals surface area contributed by atoms with E-state index >= 15 is 0 Å². The molecule has 0 aliphatic carbocycles. The molecule has 1 aliphatic heterocycles. The first-order chi connectivity index (χ1) is 19.2. The molecular weight excluding hydrogens is 601 g/mol. The van der Waals surface area contributed by atoms with Crippen LogP contribution in [0.3, 0.4) is 0 Å². The van der Waals surface area contributed by atoms with Gasteiger partial charge in [-0.1, -0.05) is 79.9 Å². The number of aromatic nitrogens is 2. The number of carbonyl (C=O) groups is 1. The molecule has 0 amide bonds. The SMILES string of the molecule is CC(C)(C)[Si](C)(C)C(O)[C@H]1O[C@@H](n2ccc(=O)[nH]c2=O)[C@@](O)([Si](C)(C)C(C)(C)C)[C@@]1(O)C(=O)c1cccc(C(F)(F)F)c1. The van der Waals surface area contributed by atoms with E-state index in [0.29, 0.717) is 6.07 Å². The van der Waals surface area contributed by atoms with Crippen LogP contribution in [0.5, 0.6) is 0 Å². The summed E-state index contributed by atoms with van der Waals surface area (Å²) in [5.41, 5.74) is -8.04. The lowest BCUT2D eigenvalue weighted by atomic mass is 9.82. The van der Waals surface area contributed by atoms with E-state index in [2.05, 4.69) is 4.98 Å². The molecule has 2 aromatic rings. The van der Waals surface area contributed by atoms with Crippen LogP contribution >= 0.6 is 0 Å². The number of ketones is 1. The molecule has 3 rings (SSSR count). The van der Waals surface area contributed by atoms with Gasteiger partial charge in [0, 0.05) is 17.8 Å². The quantitative estimate of drug-likeness (QED) is 0.272. The number of nitrogens with one attached hydrogen (secondary N) is 1. The van der Waals surface area contributed by atoms with Crippen LogP contribution in [0.4, 0.5) is 13.2 Å². The molecule has 0 bridgehead atoms. The van der Waals surface area contributed by atoms with Crippen molar-refractivity contribution in [2.75, 3.05) is 0 Å². The number of hydrogen-bond donors (Lipinski definition) is 4. The molecule has 240 valence electrons. The lowest BCUT2D eigenvalue weighted by Crippen LogP contribution is -2.77. The summed E-state index contributed by atoms with van der Waals surface area (Å²) in [5.74, 6) is -1.28. The Balaban J connectivity index is 2.51. The number of aromatic amines is 1. The van der Waals surface area contributed by atoms with Crippen LogP contribution in [0.15, 0.2) is 46.1 Å². The van der Waals surface area contributed by atoms with Crippen molar-refractivity contribution in [3.05, 3.63) is 68.5 Å². The van der Waals surface area contributed by atoms with Gasteiger partial charge in [0.05, 0.1) is 19.4 Å². The second-order valence-corrected chi connectivity index (χ2v) is 25.7. The first-order valence-corrected chi connectivity index (χ1v) is 20.1. The van der Waals surface area contributed by atoms with Gasteiger partial charge < -0.3 is 20.1 Å². The van der Waals surface area contributed by atoms with Crippen LogP contribution in [0.1, 0.15) is 63.7 Å². The summed E-state index contributed by atoms with van der Waals surface area (Å²) in [6.07, 6.45) is -7.42. The molecule has 1 aliphatic rings. The van der Waals surface area contributed by atoms with Gasteiger partial charge in [0.25, 0.3) is 5.56 Å². The molecule has 1 unspecified atom stereocenters. The molecule has 5 atom stereocenters. The summed E-state index contributed by atoms with van der Waals surface area (Å²) in [6.45, 7) is 17.9. The summed E-state index contributed by atoms with van der Waals surface area (Å²) >= 11 is 0. The largest absolute Gasteiger partial charge is 0.416 e. The Morgan fingerprint density at radius 3 is 2.02 bits per heavy atom. The molecule has 0 radical (unpaired) electrons. The molecule has 1 aromatic carbocycles. The molecule has 0 spiro atoms. The van der Waals surface area contributed by atoms with E-state index in [4.69, 9.17) is 4.74 Å². The molecule has 4 N–H and O–H groups in total. The highest BCUT2D eigenvalue weighted by Gasteiger charge is 2.79. The zero-order valence-electron chi connectivity index (χ0n) is 26.3. The van der Waals surface area contributed by atoms with Gasteiger partial charge in [-0.05, 0) is 22.2 Å². The second kappa shape index (κ2) is 10.6. The molecule has 2 heterocycles. The average molecular weight is 645 g/mol. The van der Waals surface area contributed by atoms with Gasteiger partial charge in [-0.3, -0.25) is 19.1 Å². The zero-order valence-corrected chi connectivity index (χ0v) is 28.3. The Morgan fingerprint density at radius 2 is 1.56 bits per heavy atom. The fourth-order valence-corrected chi connectivity index (χ4v) is 10.6. The summed E-state index contributed by atoms with van der Waals surface area (Å²) in [7, 11) is -6.54. The third-order valence-corrected chi connectivity index (χ3v) is 22.2. The molecular formula is C29H43F3N2O7Si2. The van der Waals surface area contributed by atoms with Crippen LogP contribution in [0.2, 0.25) is 36.3 Å². The fraction of sp³-hybridized carbons (Fsp3) is 0.621. The van der Waals surface area contributed by atoms with E-state index in [9.17, 15) is 42.9 Å². The summed E-state index contributed by atoms with van der Waals surface area (Å²) in [4.78, 5) is 41.7. The summed E-state index contributed by atoms with van der Waals surface area (Å²) < 4.78 is 48.3. The minimum Gasteiger partial charge on any atom is -0.394 e. The first kappa shape index (κ1) is 35.1. The average Bonchev–Trinajstić information content (AvgIpc) is 3.10. The number of carbonyl (C=O) groups excluding carboxylic acids is 1. The highest BCUT2D eigenvalue weighted by Crippen LogP contribution is 2.59. The number of alkyl halides is 3. The number of ether oxygens (including phenoxy) is 1. The maximum absolute atomic E-state index is 14.6. The minimum absolute atomic E-state index is 0.544. The van der Waals surface area contributed by atoms with Crippen molar-refractivity contribution in [1.29, 1.82) is 0 Å². The Labute approximate surface area is 250 Å². The van der Waals surface area contributed by atoms with Crippen molar-refractivity contribution in [3.63, 3.8) is 0 Å². The number of rotatable bonds is 6. The van der Waals surface area contributed by atoms with Gasteiger partial charge in [-0.2, -0.15) is 13.2 Å². The summed E-state index contributed by atoms with van der Waals surface area (Å²) in [5, 5.41) is 33.9. The smallest absolute Gasteiger partial charge is 0.394 e. The van der Waals surface area contributed by atoms with Crippen LogP contribution in [0, 0.1) is 0 Å². The fourth-order valence-electron chi connectivity index (χ4n) is 5.46. The van der Waals surface area contributed by atoms with Crippen LogP contribution in [-0.4, -0.2) is 69.5 Å². The Morgan fingerprint density at radius 1 is 1.00 bits per heavy atom. The molecule has 0 saturated carbocycles. The van der Waals surface area contributed by atoms with E-state index in [1.54, 1.807) is 47.0 Å². The standard InChI is InChI=1S/C29H43F3N2O7Si2/c1-25(2,3)42(7,8)22(37)21-27(39,20(36)17-12-11-13-18(16-17)29(30,31)32)28(40,43(9,10)26(4,5)6)23(41-21)34-15-14-19(35)33-24(34)38/h11-16,21-23,37,39-40H,1-10H3,(H,33,35,38)/t21-,22?,23-,27-,28-/m1/s1. The van der Waals surface area contributed by atoms with E-state index < -0.39 is 89.4 Å². The highest BCUT2D eigenvalue weighted by molar-refractivity contribution is 6.84. The van der Waals surface area contributed by atoms with Gasteiger partial charge in [0.1, 0.15) is 19.4 Å². The van der Waals surface area contributed by atoms with Crippen molar-refractivity contribution in [2.45, 2.75) is 113 Å². The Kier molecular flexibility index (Phi) is 8.67. The topological polar surface area (TPSA) is 142 Å². The monoisotopic (exact) mass is 644 g/mol. The molecule has 1 saturated heterocycles. The predicted octanol–water partition coefficient (Wildman–Crippen LogP) is 4.25. The van der Waals surface area contributed by atoms with Crippen LogP contribution in [0.25, 0.3) is 0 Å². The number of H-pyrrole nitrogens is 1. The molecule has 14 heteroatoms. The molecule has 9 nitrogen and oxygen atoms in total. The third-order valence-electron chi connectivity index (χ3n) is 10.3. The third kappa shape index (κ3) is 5.33. The van der Waals surface area contributed by atoms with Gasteiger partial charge in [-0.15, -0.1) is 0 Å². The van der Waals surface area contributed by atoms with Gasteiger partial charge in [0.2, 0.25) is 0 Å². The number of hydrogen-bond acceptors (Lipinski definition) is 7. The lowest BCUT2D eigenvalue weighted by Gasteiger charge is -2.54. The lowest BCUT2D eigenvalue weighted by molar-refractivity contribution is -0.137. The van der Waals surface area contributed by atoms with Crippen LogP contribution in [-0.2, 0) is 10.9 Å². The predicted molar refractivity (Wildman–Crippen MR) is 161 cm³/mol. The van der Waals surface area contributed by atoms with Crippen molar-refractivity contribution >= 4 is 21.9 Å². The van der Waals surface area contributed by atoms with E-state index in [1.165, 1.54) is 0 Å². The minimum atomic E-state index is -4.81. The highest BCUT2D eigenvalue weighted by atomic mass is 28.3. The maximum atomic E-state index is 14.6. The van der Waals surface area contributed by atoms with Crippen molar-refractivity contribution in [1.82, 2.24) is 9.55 Å². The summed E-state index contributed by atoms with van der Waals surface area (Å²) in [6, 6.07) is 4.47. The number of benzene rings is 1. The number of aliphatic hydroxyl groups excluding tert-OH is 1. The zero-order chi connectivity index (χ0) is 33.4. The van der Waals surface area contributed by atoms with E-state index in [-0.39, 0.29) is 0 Å².